The molecule has 735 valence electrons. The summed E-state index contributed by atoms with van der Waals surface area (Å²) in [6.45, 7) is 14.6. The Morgan fingerprint density at radius 2 is 0.319 bits per heavy atom. The van der Waals surface area contributed by atoms with Crippen LogP contribution >= 0.6 is 121 Å². The van der Waals surface area contributed by atoms with Crippen molar-refractivity contribution in [1.29, 1.82) is 0 Å². The summed E-state index contributed by atoms with van der Waals surface area (Å²) in [5, 5.41) is 1.96. The summed E-state index contributed by atoms with van der Waals surface area (Å²) in [5.74, 6) is 3.43. The first kappa shape index (κ1) is 124. The van der Waals surface area contributed by atoms with Gasteiger partial charge in [-0.05, 0) is 214 Å². The quantitative estimate of drug-likeness (QED) is 0.0152. The van der Waals surface area contributed by atoms with Crippen LogP contribution in [0.5, 0.6) is 57.5 Å². The normalized spacial score (nSPS) is 10.1. The number of rotatable bonds is 50. The van der Waals surface area contributed by atoms with Crippen molar-refractivity contribution in [3.63, 3.8) is 0 Å². The van der Waals surface area contributed by atoms with Gasteiger partial charge in [-0.25, -0.2) is 24.0 Å². The van der Waals surface area contributed by atoms with Gasteiger partial charge in [0, 0.05) is 30.3 Å². The molecular formula is C105H125Cl5F5O15S5. The molecule has 0 atom stereocenters. The fraction of sp³-hybridized carbons (Fsp3) is 0.381. The summed E-state index contributed by atoms with van der Waals surface area (Å²) in [7, 11) is 0. The zero-order valence-electron chi connectivity index (χ0n) is 77.1. The Balaban J connectivity index is 0.000000836. The molecule has 10 rings (SSSR count). The topological polar surface area (TPSA) is 178 Å². The van der Waals surface area contributed by atoms with E-state index in [1.165, 1.54) is 161 Å². The van der Waals surface area contributed by atoms with Crippen molar-refractivity contribution in [3.8, 4) is 57.5 Å². The van der Waals surface area contributed by atoms with Crippen LogP contribution in [-0.2, 0) is 0 Å². The van der Waals surface area contributed by atoms with Crippen LogP contribution in [-0.4, -0.2) is 62.9 Å². The minimum Gasteiger partial charge on any atom is -0.494 e. The number of halogens is 10. The van der Waals surface area contributed by atoms with Crippen LogP contribution in [0.1, 0.15) is 279 Å². The maximum atomic E-state index is 12.2. The molecule has 0 spiro atoms. The number of unbranched alkanes of at least 4 members (excludes halogenated alkanes) is 25. The smallest absolute Gasteiger partial charge is 0.343 e. The minimum absolute atomic E-state index is 0. The van der Waals surface area contributed by atoms with E-state index in [2.05, 4.69) is 34.6 Å². The monoisotopic (exact) mass is 2060 g/mol. The highest BCUT2D eigenvalue weighted by atomic mass is 35.5. The molecule has 0 amide bonds. The summed E-state index contributed by atoms with van der Waals surface area (Å²) in [6, 6.07) is 58.9. The van der Waals surface area contributed by atoms with Gasteiger partial charge < -0.3 is 47.4 Å². The summed E-state index contributed by atoms with van der Waals surface area (Å²) in [5.41, 5.74) is 2.27. The molecule has 5 radical (unpaired) electrons. The zero-order chi connectivity index (χ0) is 93.9. The molecule has 135 heavy (non-hydrogen) atoms. The second kappa shape index (κ2) is 73.9. The van der Waals surface area contributed by atoms with E-state index in [9.17, 15) is 24.0 Å². The van der Waals surface area contributed by atoms with Crippen LogP contribution in [0.3, 0.4) is 0 Å². The lowest BCUT2D eigenvalue weighted by Gasteiger charge is -2.08. The lowest BCUT2D eigenvalue weighted by atomic mass is 10.1. The van der Waals surface area contributed by atoms with Crippen molar-refractivity contribution in [2.45, 2.75) is 252 Å². The molecule has 0 aromatic heterocycles. The maximum absolute atomic E-state index is 12.2. The summed E-state index contributed by atoms with van der Waals surface area (Å²) in [4.78, 5) is 63.5. The highest BCUT2D eigenvalue weighted by Crippen LogP contribution is 2.33. The number of carbonyl (C=O) groups excluding carboxylic acids is 5. The maximum Gasteiger partial charge on any atom is 0.343 e. The van der Waals surface area contributed by atoms with Crippen LogP contribution in [0, 0.1) is 0 Å². The van der Waals surface area contributed by atoms with Crippen LogP contribution in [0.25, 0.3) is 0 Å². The Morgan fingerprint density at radius 1 is 0.193 bits per heavy atom. The molecule has 0 bridgehead atoms. The number of ether oxygens (including phenoxy) is 10. The molecule has 0 aliphatic carbocycles. The molecule has 0 N–H and O–H groups in total. The number of hydrogen-bond acceptors (Lipinski definition) is 15. The lowest BCUT2D eigenvalue weighted by Crippen LogP contribution is -2.08. The van der Waals surface area contributed by atoms with Gasteiger partial charge in [-0.1, -0.05) is 316 Å². The third kappa shape index (κ3) is 51.7. The number of benzene rings is 10. The average Bonchev–Trinajstić information content (AvgIpc) is 0.863. The SMILES string of the molecule is CCCCCCCCOc1ccc(C(=O)Oc2ccc([S])c(Cl)c2)cc1.CCCCCCCCOc1ccc(C(=O)Oc2ccc([S])c(Cl)c2)cc1.CCCCCCCCOc1ccc(C(=O)Oc2ccc([S])c(Cl)c2)cc1.CCCCCCCCOc1ccc(C(=O)Oc2ccc([S])c(Cl)c2)cc1.CCCCCCCCOc1ccc(C(=O)Oc2ccc([S])c(Cl)c2)cc1.F.F.F.F.F. The van der Waals surface area contributed by atoms with E-state index in [0.717, 1.165) is 60.9 Å². The first-order chi connectivity index (χ1) is 63.0. The van der Waals surface area contributed by atoms with Gasteiger partial charge in [0.25, 0.3) is 0 Å². The van der Waals surface area contributed by atoms with Gasteiger partial charge in [-0.2, -0.15) is 0 Å². The van der Waals surface area contributed by atoms with E-state index in [1.807, 2.05) is 0 Å². The fourth-order valence-corrected chi connectivity index (χ4v) is 13.8. The average molecular weight is 2060 g/mol. The third-order valence-corrected chi connectivity index (χ3v) is 23.8. The van der Waals surface area contributed by atoms with Gasteiger partial charge in [-0.15, -0.1) is 0 Å². The Bertz CT molecular complexity index is 4250. The number of hydrogen-bond donors (Lipinski definition) is 0. The predicted molar refractivity (Wildman–Crippen MR) is 550 cm³/mol. The molecule has 30 heteroatoms. The third-order valence-electron chi connectivity index (χ3n) is 19.9. The molecular weight excluding hydrogens is 1930 g/mol. The van der Waals surface area contributed by atoms with Crippen LogP contribution in [0.15, 0.2) is 237 Å². The Morgan fingerprint density at radius 3 is 0.452 bits per heavy atom. The van der Waals surface area contributed by atoms with Crippen molar-refractivity contribution < 1.29 is 94.9 Å². The van der Waals surface area contributed by atoms with Gasteiger partial charge in [0.2, 0.25) is 0 Å². The number of esters is 5. The van der Waals surface area contributed by atoms with E-state index < -0.39 is 29.8 Å². The van der Waals surface area contributed by atoms with Gasteiger partial charge in [-0.3, -0.25) is 23.5 Å². The van der Waals surface area contributed by atoms with E-state index >= 15 is 0 Å². The molecule has 0 saturated carbocycles. The molecule has 0 saturated heterocycles. The van der Waals surface area contributed by atoms with E-state index in [1.54, 1.807) is 212 Å². The molecule has 0 aliphatic heterocycles. The van der Waals surface area contributed by atoms with Crippen molar-refractivity contribution >= 4 is 151 Å². The van der Waals surface area contributed by atoms with Crippen molar-refractivity contribution in [3.05, 3.63) is 265 Å². The molecule has 0 unspecified atom stereocenters. The Kier molecular flexibility index (Phi) is 67.8. The zero-order valence-corrected chi connectivity index (χ0v) is 84.9. The van der Waals surface area contributed by atoms with Crippen molar-refractivity contribution in [2.24, 2.45) is 0 Å². The highest BCUT2D eigenvalue weighted by Gasteiger charge is 2.17. The molecule has 0 heterocycles. The summed E-state index contributed by atoms with van der Waals surface area (Å²) < 4.78 is 55.1. The van der Waals surface area contributed by atoms with Gasteiger partial charge >= 0.3 is 29.8 Å². The second-order valence-corrected chi connectivity index (χ2v) is 34.8. The van der Waals surface area contributed by atoms with Crippen molar-refractivity contribution in [1.82, 2.24) is 0 Å². The molecule has 10 aromatic rings. The van der Waals surface area contributed by atoms with Crippen molar-refractivity contribution in [2.75, 3.05) is 33.0 Å². The Labute approximate surface area is 846 Å². The lowest BCUT2D eigenvalue weighted by molar-refractivity contribution is 0.0725. The standard InChI is InChI=1S/5C21H24ClO3S.5FH/c5*1-2-3-4-5-6-7-14-24-17-10-8-16(9-11-17)21(23)25-18-12-13-20(26)19(22)15-18;;;;;/h5*8-13,15H,2-7,14H2,1H3;5*1H. The van der Waals surface area contributed by atoms with E-state index in [-0.39, 0.29) is 23.5 Å². The minimum atomic E-state index is -0.444. The van der Waals surface area contributed by atoms with Crippen LogP contribution in [0.2, 0.25) is 25.1 Å². The van der Waals surface area contributed by atoms with Gasteiger partial charge in [0.15, 0.2) is 0 Å². The number of carbonyl (C=O) groups is 5. The highest BCUT2D eigenvalue weighted by molar-refractivity contribution is 7.81. The van der Waals surface area contributed by atoms with Crippen LogP contribution in [0.4, 0.5) is 23.5 Å². The molecule has 10 aromatic carbocycles. The van der Waals surface area contributed by atoms with E-state index in [0.29, 0.717) is 139 Å². The first-order valence-electron chi connectivity index (χ1n) is 45.1. The van der Waals surface area contributed by atoms with Crippen LogP contribution < -0.4 is 47.4 Å². The van der Waals surface area contributed by atoms with Gasteiger partial charge in [0.1, 0.15) is 57.5 Å². The molecule has 0 fully saturated rings. The largest absolute Gasteiger partial charge is 0.494 e. The summed E-state index contributed by atoms with van der Waals surface area (Å²) >= 11 is 54.8. The predicted octanol–water partition coefficient (Wildman–Crippen LogP) is 35.0. The fourth-order valence-electron chi connectivity index (χ4n) is 12.4. The summed E-state index contributed by atoms with van der Waals surface area (Å²) in [6.07, 6.45) is 36.8. The Hall–Kier alpha value is -9.25. The second-order valence-electron chi connectivity index (χ2n) is 30.6. The molecule has 0 aliphatic rings. The first-order valence-corrected chi connectivity index (χ1v) is 49.0. The van der Waals surface area contributed by atoms with E-state index in [4.69, 9.17) is 169 Å². The molecule has 15 nitrogen and oxygen atoms in total. The van der Waals surface area contributed by atoms with Gasteiger partial charge in [0.05, 0.1) is 110 Å².